The highest BCUT2D eigenvalue weighted by Gasteiger charge is 2.03. The van der Waals surface area contributed by atoms with Crippen molar-refractivity contribution in [1.82, 2.24) is 0 Å². The van der Waals surface area contributed by atoms with Crippen LogP contribution in [-0.4, -0.2) is 0 Å². The van der Waals surface area contributed by atoms with Crippen molar-refractivity contribution in [3.8, 4) is 5.75 Å². The molecule has 2 nitrogen and oxygen atoms in total. The molecular weight excluding hydrogens is 276 g/mol. The Morgan fingerprint density at radius 3 is 2.50 bits per heavy atom. The van der Waals surface area contributed by atoms with Crippen molar-refractivity contribution < 1.29 is 9.13 Å². The van der Waals surface area contributed by atoms with Gasteiger partial charge in [-0.3, -0.25) is 0 Å². The highest BCUT2D eigenvalue weighted by molar-refractivity contribution is 6.42. The molecule has 2 N–H and O–H groups in total. The first-order chi connectivity index (χ1) is 8.54. The second kappa shape index (κ2) is 5.46. The fourth-order valence-electron chi connectivity index (χ4n) is 1.49. The van der Waals surface area contributed by atoms with Crippen LogP contribution in [0.3, 0.4) is 0 Å². The average Bonchev–Trinajstić information content (AvgIpc) is 2.29. The molecule has 18 heavy (non-hydrogen) atoms. The Hall–Kier alpha value is -1.45. The first kappa shape index (κ1) is 13.0. The van der Waals surface area contributed by atoms with Gasteiger partial charge >= 0.3 is 0 Å². The molecule has 0 saturated heterocycles. The number of rotatable bonds is 3. The summed E-state index contributed by atoms with van der Waals surface area (Å²) < 4.78 is 18.6. The third kappa shape index (κ3) is 3.28. The zero-order valence-electron chi connectivity index (χ0n) is 9.29. The number of anilines is 1. The van der Waals surface area contributed by atoms with Crippen LogP contribution in [0.15, 0.2) is 36.4 Å². The Kier molecular flexibility index (Phi) is 3.94. The van der Waals surface area contributed by atoms with Gasteiger partial charge in [0.05, 0.1) is 10.0 Å². The van der Waals surface area contributed by atoms with Crippen LogP contribution in [0.1, 0.15) is 5.56 Å². The van der Waals surface area contributed by atoms with Crippen molar-refractivity contribution in [3.63, 3.8) is 0 Å². The number of nitrogens with two attached hydrogens (primary N) is 1. The zero-order chi connectivity index (χ0) is 13.1. The maximum absolute atomic E-state index is 13.1. The normalized spacial score (nSPS) is 10.4. The molecule has 2 rings (SSSR count). The predicted octanol–water partition coefficient (Wildman–Crippen LogP) is 4.29. The van der Waals surface area contributed by atoms with Gasteiger partial charge in [0.1, 0.15) is 18.2 Å². The quantitative estimate of drug-likeness (QED) is 0.854. The Morgan fingerprint density at radius 1 is 1.06 bits per heavy atom. The van der Waals surface area contributed by atoms with E-state index in [-0.39, 0.29) is 12.4 Å². The van der Waals surface area contributed by atoms with Gasteiger partial charge in [0.25, 0.3) is 0 Å². The molecule has 5 heteroatoms. The molecule has 0 bridgehead atoms. The Bertz CT molecular complexity index is 555. The minimum Gasteiger partial charge on any atom is -0.489 e. The van der Waals surface area contributed by atoms with E-state index in [4.69, 9.17) is 33.7 Å². The van der Waals surface area contributed by atoms with E-state index in [0.29, 0.717) is 27.0 Å². The van der Waals surface area contributed by atoms with Gasteiger partial charge in [-0.1, -0.05) is 23.2 Å². The molecule has 0 saturated carbocycles. The molecule has 0 aliphatic heterocycles. The monoisotopic (exact) mass is 285 g/mol. The highest BCUT2D eigenvalue weighted by Crippen LogP contribution is 2.26. The summed E-state index contributed by atoms with van der Waals surface area (Å²) >= 11 is 11.6. The number of hydrogen-bond donors (Lipinski definition) is 1. The van der Waals surface area contributed by atoms with Gasteiger partial charge in [0.15, 0.2) is 0 Å². The van der Waals surface area contributed by atoms with Gasteiger partial charge in [-0.15, -0.1) is 0 Å². The lowest BCUT2D eigenvalue weighted by Crippen LogP contribution is -1.98. The lowest BCUT2D eigenvalue weighted by atomic mass is 10.2. The fraction of sp³-hybridized carbons (Fsp3) is 0.0769. The fourth-order valence-corrected chi connectivity index (χ4v) is 1.78. The van der Waals surface area contributed by atoms with E-state index in [0.717, 1.165) is 0 Å². The SMILES string of the molecule is Nc1cc(F)cc(COc2ccc(Cl)c(Cl)c2)c1. The summed E-state index contributed by atoms with van der Waals surface area (Å²) in [6.07, 6.45) is 0. The van der Waals surface area contributed by atoms with E-state index in [1.807, 2.05) is 0 Å². The zero-order valence-corrected chi connectivity index (χ0v) is 10.8. The van der Waals surface area contributed by atoms with Gasteiger partial charge < -0.3 is 10.5 Å². The van der Waals surface area contributed by atoms with Crippen molar-refractivity contribution in [2.45, 2.75) is 6.61 Å². The van der Waals surface area contributed by atoms with E-state index in [2.05, 4.69) is 0 Å². The molecule has 0 aliphatic rings. The number of ether oxygens (including phenoxy) is 1. The summed E-state index contributed by atoms with van der Waals surface area (Å²) in [5, 5.41) is 0.868. The molecule has 2 aromatic carbocycles. The van der Waals surface area contributed by atoms with Gasteiger partial charge in [-0.2, -0.15) is 0 Å². The Labute approximate surface area is 114 Å². The van der Waals surface area contributed by atoms with Crippen LogP contribution in [0, 0.1) is 5.82 Å². The van der Waals surface area contributed by atoms with Crippen molar-refractivity contribution in [1.29, 1.82) is 0 Å². The minimum absolute atomic E-state index is 0.208. The van der Waals surface area contributed by atoms with Gasteiger partial charge in [-0.05, 0) is 35.9 Å². The summed E-state index contributed by atoms with van der Waals surface area (Å²) in [5.41, 5.74) is 6.55. The van der Waals surface area contributed by atoms with E-state index >= 15 is 0 Å². The molecule has 0 unspecified atom stereocenters. The van der Waals surface area contributed by atoms with Crippen LogP contribution in [-0.2, 0) is 6.61 Å². The summed E-state index contributed by atoms with van der Waals surface area (Å²) in [4.78, 5) is 0. The third-order valence-electron chi connectivity index (χ3n) is 2.28. The summed E-state index contributed by atoms with van der Waals surface area (Å²) in [6, 6.07) is 9.21. The highest BCUT2D eigenvalue weighted by atomic mass is 35.5. The second-order valence-electron chi connectivity index (χ2n) is 3.76. The molecule has 0 heterocycles. The summed E-state index contributed by atoms with van der Waals surface area (Å²) in [7, 11) is 0. The van der Waals surface area contributed by atoms with Crippen LogP contribution in [0.5, 0.6) is 5.75 Å². The molecule has 0 atom stereocenters. The number of halogens is 3. The van der Waals surface area contributed by atoms with E-state index in [1.165, 1.54) is 12.1 Å². The molecule has 2 aromatic rings. The van der Waals surface area contributed by atoms with Crippen LogP contribution >= 0.6 is 23.2 Å². The van der Waals surface area contributed by atoms with Crippen molar-refractivity contribution >= 4 is 28.9 Å². The van der Waals surface area contributed by atoms with Gasteiger partial charge in [0, 0.05) is 11.8 Å². The van der Waals surface area contributed by atoms with E-state index in [1.54, 1.807) is 24.3 Å². The molecule has 0 aromatic heterocycles. The standard InChI is InChI=1S/C13H10Cl2FNO/c14-12-2-1-11(6-13(12)15)18-7-8-3-9(16)5-10(17)4-8/h1-6H,7,17H2. The van der Waals surface area contributed by atoms with Crippen LogP contribution in [0.4, 0.5) is 10.1 Å². The third-order valence-corrected chi connectivity index (χ3v) is 3.02. The molecule has 0 amide bonds. The smallest absolute Gasteiger partial charge is 0.125 e. The van der Waals surface area contributed by atoms with Crippen LogP contribution in [0.2, 0.25) is 10.0 Å². The molecular formula is C13H10Cl2FNO. The summed E-state index contributed by atoms with van der Waals surface area (Å²) in [5.74, 6) is 0.176. The van der Waals surface area contributed by atoms with Crippen LogP contribution in [0.25, 0.3) is 0 Å². The maximum Gasteiger partial charge on any atom is 0.125 e. The van der Waals surface area contributed by atoms with Gasteiger partial charge in [0.2, 0.25) is 0 Å². The summed E-state index contributed by atoms with van der Waals surface area (Å²) in [6.45, 7) is 0.208. The number of benzene rings is 2. The Balaban J connectivity index is 2.08. The topological polar surface area (TPSA) is 35.2 Å². The molecule has 0 spiro atoms. The number of nitrogen functional groups attached to an aromatic ring is 1. The van der Waals surface area contributed by atoms with E-state index < -0.39 is 0 Å². The Morgan fingerprint density at radius 2 is 1.83 bits per heavy atom. The van der Waals surface area contributed by atoms with E-state index in [9.17, 15) is 4.39 Å². The molecule has 0 fully saturated rings. The molecule has 94 valence electrons. The largest absolute Gasteiger partial charge is 0.489 e. The lowest BCUT2D eigenvalue weighted by Gasteiger charge is -2.08. The second-order valence-corrected chi connectivity index (χ2v) is 4.57. The van der Waals surface area contributed by atoms with Crippen molar-refractivity contribution in [2.75, 3.05) is 5.73 Å². The molecule has 0 aliphatic carbocycles. The van der Waals surface area contributed by atoms with Gasteiger partial charge in [-0.25, -0.2) is 4.39 Å². The predicted molar refractivity (Wildman–Crippen MR) is 71.6 cm³/mol. The first-order valence-corrected chi connectivity index (χ1v) is 5.93. The minimum atomic E-state index is -0.386. The average molecular weight is 286 g/mol. The first-order valence-electron chi connectivity index (χ1n) is 5.17. The van der Waals surface area contributed by atoms with Crippen molar-refractivity contribution in [2.24, 2.45) is 0 Å². The lowest BCUT2D eigenvalue weighted by molar-refractivity contribution is 0.305. The maximum atomic E-state index is 13.1. The number of hydrogen-bond acceptors (Lipinski definition) is 2. The van der Waals surface area contributed by atoms with Crippen LogP contribution < -0.4 is 10.5 Å². The van der Waals surface area contributed by atoms with Crippen molar-refractivity contribution in [3.05, 3.63) is 57.8 Å². The molecule has 0 radical (unpaired) electrons.